The second-order valence-corrected chi connectivity index (χ2v) is 4.86. The molecule has 1 aromatic carbocycles. The number of carboxylic acid groups (broad SMARTS) is 1. The monoisotopic (exact) mass is 358 g/mol. The molecule has 0 radical (unpaired) electrons. The molecule has 0 unspecified atom stereocenters. The number of hydrogen-bond donors (Lipinski definition) is 2. The van der Waals surface area contributed by atoms with Crippen LogP contribution in [0.15, 0.2) is 30.5 Å². The van der Waals surface area contributed by atoms with Crippen LogP contribution in [-0.4, -0.2) is 38.6 Å². The Morgan fingerprint density at radius 2 is 2.00 bits per heavy atom. The highest BCUT2D eigenvalue weighted by molar-refractivity contribution is 5.77. The van der Waals surface area contributed by atoms with E-state index in [-0.39, 0.29) is 13.1 Å². The minimum atomic E-state index is -4.59. The van der Waals surface area contributed by atoms with Crippen molar-refractivity contribution in [2.45, 2.75) is 19.3 Å². The van der Waals surface area contributed by atoms with E-state index in [1.54, 1.807) is 0 Å². The van der Waals surface area contributed by atoms with Gasteiger partial charge in [0.25, 0.3) is 5.91 Å². The summed E-state index contributed by atoms with van der Waals surface area (Å²) in [6.45, 7) is -1.06. The van der Waals surface area contributed by atoms with Crippen LogP contribution in [0.3, 0.4) is 0 Å². The SMILES string of the molecule is O=C(O)Cn1cc(CNC(=O)COc2ccccc2C(F)(F)F)nn1. The van der Waals surface area contributed by atoms with Crippen molar-refractivity contribution in [3.8, 4) is 5.75 Å². The summed E-state index contributed by atoms with van der Waals surface area (Å²) in [6.07, 6.45) is -3.26. The quantitative estimate of drug-likeness (QED) is 0.767. The number of carbonyl (C=O) groups is 2. The lowest BCUT2D eigenvalue weighted by atomic mass is 10.2. The Balaban J connectivity index is 1.85. The van der Waals surface area contributed by atoms with Gasteiger partial charge < -0.3 is 15.2 Å². The van der Waals surface area contributed by atoms with Gasteiger partial charge in [-0.25, -0.2) is 4.68 Å². The van der Waals surface area contributed by atoms with Crippen LogP contribution in [0, 0.1) is 0 Å². The molecule has 2 N–H and O–H groups in total. The molecular formula is C14H13F3N4O4. The molecule has 1 aromatic heterocycles. The van der Waals surface area contributed by atoms with Gasteiger partial charge >= 0.3 is 12.1 Å². The largest absolute Gasteiger partial charge is 0.483 e. The van der Waals surface area contributed by atoms with E-state index in [4.69, 9.17) is 9.84 Å². The molecule has 134 valence electrons. The number of amides is 1. The van der Waals surface area contributed by atoms with Gasteiger partial charge in [0.15, 0.2) is 6.61 Å². The summed E-state index contributed by atoms with van der Waals surface area (Å²) in [5.74, 6) is -2.21. The minimum absolute atomic E-state index is 0.0667. The zero-order chi connectivity index (χ0) is 18.4. The Hall–Kier alpha value is -3.11. The molecule has 1 heterocycles. The Labute approximate surface area is 139 Å². The van der Waals surface area contributed by atoms with Crippen LogP contribution in [0.4, 0.5) is 13.2 Å². The number of ether oxygens (including phenoxy) is 1. The van der Waals surface area contributed by atoms with Gasteiger partial charge in [-0.1, -0.05) is 17.3 Å². The van der Waals surface area contributed by atoms with Gasteiger partial charge in [0, 0.05) is 0 Å². The Kier molecular flexibility index (Phi) is 5.57. The Bertz CT molecular complexity index is 761. The molecule has 1 amide bonds. The lowest BCUT2D eigenvalue weighted by molar-refractivity contribution is -0.140. The zero-order valence-corrected chi connectivity index (χ0v) is 12.7. The number of benzene rings is 1. The fourth-order valence-corrected chi connectivity index (χ4v) is 1.85. The lowest BCUT2D eigenvalue weighted by Gasteiger charge is -2.13. The molecule has 0 saturated carbocycles. The number of para-hydroxylation sites is 1. The van der Waals surface area contributed by atoms with E-state index in [0.29, 0.717) is 5.69 Å². The van der Waals surface area contributed by atoms with Gasteiger partial charge in [-0.15, -0.1) is 5.10 Å². The number of aromatic nitrogens is 3. The third-order valence-electron chi connectivity index (χ3n) is 2.90. The summed E-state index contributed by atoms with van der Waals surface area (Å²) >= 11 is 0. The summed E-state index contributed by atoms with van der Waals surface area (Å²) in [4.78, 5) is 22.2. The number of rotatable bonds is 7. The van der Waals surface area contributed by atoms with E-state index in [9.17, 15) is 22.8 Å². The molecule has 25 heavy (non-hydrogen) atoms. The predicted molar refractivity (Wildman–Crippen MR) is 76.4 cm³/mol. The Morgan fingerprint density at radius 1 is 1.28 bits per heavy atom. The van der Waals surface area contributed by atoms with Gasteiger partial charge in [0.05, 0.1) is 18.3 Å². The van der Waals surface area contributed by atoms with Crippen molar-refractivity contribution in [2.24, 2.45) is 0 Å². The van der Waals surface area contributed by atoms with E-state index in [0.717, 1.165) is 16.8 Å². The molecule has 0 fully saturated rings. The zero-order valence-electron chi connectivity index (χ0n) is 12.7. The maximum atomic E-state index is 12.8. The molecule has 2 aromatic rings. The second-order valence-electron chi connectivity index (χ2n) is 4.86. The molecule has 0 bridgehead atoms. The number of aliphatic carboxylic acids is 1. The molecule has 8 nitrogen and oxygen atoms in total. The topological polar surface area (TPSA) is 106 Å². The lowest BCUT2D eigenvalue weighted by Crippen LogP contribution is -2.29. The Morgan fingerprint density at radius 3 is 2.68 bits per heavy atom. The number of hydrogen-bond acceptors (Lipinski definition) is 5. The maximum Gasteiger partial charge on any atom is 0.419 e. The highest BCUT2D eigenvalue weighted by Gasteiger charge is 2.34. The van der Waals surface area contributed by atoms with E-state index in [1.807, 2.05) is 0 Å². The highest BCUT2D eigenvalue weighted by atomic mass is 19.4. The molecule has 2 rings (SSSR count). The van der Waals surface area contributed by atoms with E-state index in [2.05, 4.69) is 15.6 Å². The standard InChI is InChI=1S/C14H13F3N4O4/c15-14(16,17)10-3-1-2-4-11(10)25-8-12(22)18-5-9-6-21(20-19-9)7-13(23)24/h1-4,6H,5,7-8H2,(H,18,22)(H,23,24). The van der Waals surface area contributed by atoms with Gasteiger partial charge in [-0.05, 0) is 12.1 Å². The third kappa shape index (κ3) is 5.48. The first-order chi connectivity index (χ1) is 11.8. The van der Waals surface area contributed by atoms with Crippen LogP contribution < -0.4 is 10.1 Å². The summed E-state index contributed by atoms with van der Waals surface area (Å²) < 4.78 is 44.4. The van der Waals surface area contributed by atoms with Crippen LogP contribution in [0.5, 0.6) is 5.75 Å². The molecule has 0 saturated heterocycles. The van der Waals surface area contributed by atoms with E-state index >= 15 is 0 Å². The van der Waals surface area contributed by atoms with Crippen LogP contribution in [0.1, 0.15) is 11.3 Å². The summed E-state index contributed by atoms with van der Waals surface area (Å²) in [6, 6.07) is 4.56. The molecule has 0 aliphatic carbocycles. The fraction of sp³-hybridized carbons (Fsp3) is 0.286. The number of nitrogens with one attached hydrogen (secondary N) is 1. The molecule has 0 aliphatic rings. The average Bonchev–Trinajstić information content (AvgIpc) is 2.97. The maximum absolute atomic E-state index is 12.8. The van der Waals surface area contributed by atoms with Crippen molar-refractivity contribution < 1.29 is 32.6 Å². The first-order valence-corrected chi connectivity index (χ1v) is 6.92. The number of carbonyl (C=O) groups excluding carboxylic acids is 1. The van der Waals surface area contributed by atoms with Crippen molar-refractivity contribution in [3.05, 3.63) is 41.7 Å². The van der Waals surface area contributed by atoms with Crippen LogP contribution in [-0.2, 0) is 28.9 Å². The molecule has 0 spiro atoms. The van der Waals surface area contributed by atoms with Crippen molar-refractivity contribution in [2.75, 3.05) is 6.61 Å². The van der Waals surface area contributed by atoms with Crippen molar-refractivity contribution in [1.82, 2.24) is 20.3 Å². The smallest absolute Gasteiger partial charge is 0.419 e. The van der Waals surface area contributed by atoms with Crippen LogP contribution in [0.2, 0.25) is 0 Å². The summed E-state index contributed by atoms with van der Waals surface area (Å²) in [7, 11) is 0. The number of alkyl halides is 3. The molecule has 0 atom stereocenters. The van der Waals surface area contributed by atoms with Gasteiger partial charge in [-0.2, -0.15) is 13.2 Å². The minimum Gasteiger partial charge on any atom is -0.483 e. The fourth-order valence-electron chi connectivity index (χ4n) is 1.85. The van der Waals surface area contributed by atoms with Crippen molar-refractivity contribution in [3.63, 3.8) is 0 Å². The summed E-state index contributed by atoms with van der Waals surface area (Å²) in [5.41, 5.74) is -0.676. The van der Waals surface area contributed by atoms with E-state index in [1.165, 1.54) is 18.3 Å². The van der Waals surface area contributed by atoms with Gasteiger partial charge in [-0.3, -0.25) is 9.59 Å². The number of nitrogens with zero attached hydrogens (tertiary/aromatic N) is 3. The summed E-state index contributed by atoms with van der Waals surface area (Å²) in [5, 5.41) is 18.2. The third-order valence-corrected chi connectivity index (χ3v) is 2.90. The van der Waals surface area contributed by atoms with E-state index < -0.39 is 36.0 Å². The molecule has 0 aliphatic heterocycles. The first kappa shape index (κ1) is 18.2. The first-order valence-electron chi connectivity index (χ1n) is 6.92. The van der Waals surface area contributed by atoms with Crippen LogP contribution in [0.25, 0.3) is 0 Å². The molecular weight excluding hydrogens is 345 g/mol. The van der Waals surface area contributed by atoms with Crippen molar-refractivity contribution in [1.29, 1.82) is 0 Å². The predicted octanol–water partition coefficient (Wildman–Crippen LogP) is 1.08. The van der Waals surface area contributed by atoms with Gasteiger partial charge in [0.2, 0.25) is 0 Å². The highest BCUT2D eigenvalue weighted by Crippen LogP contribution is 2.35. The number of carboxylic acids is 1. The second kappa shape index (κ2) is 7.64. The van der Waals surface area contributed by atoms with Crippen molar-refractivity contribution >= 4 is 11.9 Å². The average molecular weight is 358 g/mol. The van der Waals surface area contributed by atoms with Gasteiger partial charge in [0.1, 0.15) is 18.0 Å². The van der Waals surface area contributed by atoms with Crippen LogP contribution >= 0.6 is 0 Å². The normalized spacial score (nSPS) is 11.2. The molecule has 11 heteroatoms. The number of halogens is 3.